The lowest BCUT2D eigenvalue weighted by Gasteiger charge is -2.29. The van der Waals surface area contributed by atoms with E-state index >= 15 is 0 Å². The monoisotopic (exact) mass is 485 g/mol. The van der Waals surface area contributed by atoms with Crippen molar-refractivity contribution in [1.29, 1.82) is 5.41 Å². The number of nitrogens with zero attached hydrogens (tertiary/aromatic N) is 4. The fourth-order valence-electron chi connectivity index (χ4n) is 4.28. The second-order valence-electron chi connectivity index (χ2n) is 8.34. The molecule has 0 bridgehead atoms. The van der Waals surface area contributed by atoms with E-state index in [9.17, 15) is 4.79 Å². The van der Waals surface area contributed by atoms with Gasteiger partial charge in [-0.25, -0.2) is 9.98 Å². The van der Waals surface area contributed by atoms with Crippen LogP contribution in [0, 0.1) is 5.41 Å². The van der Waals surface area contributed by atoms with Crippen molar-refractivity contribution in [2.24, 2.45) is 10.7 Å². The number of pyridine rings is 1. The van der Waals surface area contributed by atoms with Crippen LogP contribution in [0.2, 0.25) is 0 Å². The van der Waals surface area contributed by atoms with Gasteiger partial charge in [0.1, 0.15) is 5.82 Å². The normalized spacial score (nSPS) is 18.2. The second-order valence-corrected chi connectivity index (χ2v) is 8.34. The minimum atomic E-state index is -0.863. The van der Waals surface area contributed by atoms with Crippen LogP contribution >= 0.6 is 0 Å². The fourth-order valence-corrected chi connectivity index (χ4v) is 4.28. The number of carbonyl (C=O) groups excluding carboxylic acids is 1. The van der Waals surface area contributed by atoms with E-state index in [1.165, 1.54) is 0 Å². The van der Waals surface area contributed by atoms with E-state index in [0.29, 0.717) is 43.4 Å². The van der Waals surface area contributed by atoms with E-state index in [4.69, 9.17) is 20.6 Å². The number of nitrogens with two attached hydrogens (primary N) is 1. The van der Waals surface area contributed by atoms with Crippen molar-refractivity contribution in [2.75, 3.05) is 48.0 Å². The second kappa shape index (κ2) is 10.4. The molecular formula is C26H27N7O3. The van der Waals surface area contributed by atoms with E-state index < -0.39 is 6.04 Å². The lowest BCUT2D eigenvalue weighted by Crippen LogP contribution is -2.38. The highest BCUT2D eigenvalue weighted by atomic mass is 16.5. The van der Waals surface area contributed by atoms with Gasteiger partial charge < -0.3 is 30.3 Å². The zero-order chi connectivity index (χ0) is 24.9. The summed E-state index contributed by atoms with van der Waals surface area (Å²) in [6.07, 6.45) is 1.67. The number of aromatic nitrogens is 1. The molecule has 3 heterocycles. The molecule has 1 atom stereocenters. The largest absolute Gasteiger partial charge is 0.407 e. The Morgan fingerprint density at radius 1 is 1.08 bits per heavy atom. The molecule has 10 nitrogen and oxygen atoms in total. The Labute approximate surface area is 208 Å². The third-order valence-corrected chi connectivity index (χ3v) is 6.01. The molecule has 2 aliphatic heterocycles. The number of para-hydroxylation sites is 3. The van der Waals surface area contributed by atoms with Crippen molar-refractivity contribution in [3.63, 3.8) is 0 Å². The standard InChI is InChI=1S/C26H27N7O3/c27-23(19-9-6-12-29-24(19)32-13-15-35-16-14-32)36-26(28)31-21-17-33(18-7-2-1-3-8-18)22-11-5-4-10-20(22)30-25(21)34/h1-12,21,27H,13-17H2,(H2,28,31)(H,30,34). The van der Waals surface area contributed by atoms with Crippen LogP contribution in [0.4, 0.5) is 22.9 Å². The van der Waals surface area contributed by atoms with Crippen LogP contribution in [0.25, 0.3) is 0 Å². The van der Waals surface area contributed by atoms with Gasteiger partial charge in [-0.05, 0) is 36.4 Å². The lowest BCUT2D eigenvalue weighted by molar-refractivity contribution is -0.117. The number of anilines is 4. The fraction of sp³-hybridized carbons (Fsp3) is 0.231. The molecule has 4 N–H and O–H groups in total. The maximum Gasteiger partial charge on any atom is 0.289 e. The molecule has 0 spiro atoms. The van der Waals surface area contributed by atoms with E-state index in [2.05, 4.69) is 15.3 Å². The van der Waals surface area contributed by atoms with Gasteiger partial charge in [0.2, 0.25) is 5.90 Å². The van der Waals surface area contributed by atoms with Gasteiger partial charge in [-0.2, -0.15) is 0 Å². The van der Waals surface area contributed by atoms with Gasteiger partial charge in [-0.3, -0.25) is 10.2 Å². The summed E-state index contributed by atoms with van der Waals surface area (Å²) in [5.41, 5.74) is 9.05. The number of morpholine rings is 1. The highest BCUT2D eigenvalue weighted by Crippen LogP contribution is 2.34. The van der Waals surface area contributed by atoms with E-state index in [-0.39, 0.29) is 24.4 Å². The zero-order valence-electron chi connectivity index (χ0n) is 19.6. The van der Waals surface area contributed by atoms with Crippen molar-refractivity contribution in [3.8, 4) is 0 Å². The number of hydrogen-bond acceptors (Lipinski definition) is 8. The molecule has 1 fully saturated rings. The first-order valence-electron chi connectivity index (χ1n) is 11.7. The smallest absolute Gasteiger partial charge is 0.289 e. The van der Waals surface area contributed by atoms with Crippen molar-refractivity contribution >= 4 is 40.7 Å². The molecular weight excluding hydrogens is 458 g/mol. The molecule has 184 valence electrons. The molecule has 1 aromatic heterocycles. The maximum absolute atomic E-state index is 13.1. The molecule has 0 aliphatic carbocycles. The number of ether oxygens (including phenoxy) is 2. The van der Waals surface area contributed by atoms with E-state index in [0.717, 1.165) is 11.4 Å². The molecule has 0 saturated carbocycles. The van der Waals surface area contributed by atoms with Gasteiger partial charge in [0.25, 0.3) is 11.9 Å². The molecule has 10 heteroatoms. The van der Waals surface area contributed by atoms with Gasteiger partial charge in [0.05, 0.1) is 36.7 Å². The number of fused-ring (bicyclic) bond motifs is 1. The zero-order valence-corrected chi connectivity index (χ0v) is 19.6. The van der Waals surface area contributed by atoms with Crippen LogP contribution in [0.5, 0.6) is 0 Å². The van der Waals surface area contributed by atoms with Crippen LogP contribution in [-0.4, -0.2) is 61.7 Å². The van der Waals surface area contributed by atoms with Crippen molar-refractivity contribution in [3.05, 3.63) is 78.5 Å². The summed E-state index contributed by atoms with van der Waals surface area (Å²) in [7, 11) is 0. The number of carbonyl (C=O) groups is 1. The molecule has 1 amide bonds. The van der Waals surface area contributed by atoms with Crippen molar-refractivity contribution in [2.45, 2.75) is 6.04 Å². The van der Waals surface area contributed by atoms with Crippen LogP contribution < -0.4 is 20.9 Å². The minimum Gasteiger partial charge on any atom is -0.407 e. The van der Waals surface area contributed by atoms with Crippen LogP contribution in [0.1, 0.15) is 5.56 Å². The van der Waals surface area contributed by atoms with Crippen molar-refractivity contribution in [1.82, 2.24) is 4.98 Å². The maximum atomic E-state index is 13.1. The topological polar surface area (TPSA) is 129 Å². The van der Waals surface area contributed by atoms with E-state index in [1.54, 1.807) is 18.3 Å². The first-order chi connectivity index (χ1) is 17.6. The number of rotatable bonds is 4. The molecule has 36 heavy (non-hydrogen) atoms. The predicted octanol–water partition coefficient (Wildman–Crippen LogP) is 2.73. The highest BCUT2D eigenvalue weighted by molar-refractivity contribution is 6.04. The molecule has 2 aliphatic rings. The third-order valence-electron chi connectivity index (χ3n) is 6.01. The number of benzene rings is 2. The van der Waals surface area contributed by atoms with E-state index in [1.807, 2.05) is 64.4 Å². The Morgan fingerprint density at radius 3 is 2.64 bits per heavy atom. The van der Waals surface area contributed by atoms with Gasteiger partial charge in [-0.1, -0.05) is 30.3 Å². The van der Waals surface area contributed by atoms with Gasteiger partial charge >= 0.3 is 0 Å². The average Bonchev–Trinajstić information content (AvgIpc) is 3.05. The van der Waals surface area contributed by atoms with Crippen LogP contribution in [0.15, 0.2) is 77.9 Å². The van der Waals surface area contributed by atoms with Gasteiger partial charge in [0.15, 0.2) is 6.04 Å². The summed E-state index contributed by atoms with van der Waals surface area (Å²) in [5.74, 6) is 0.119. The summed E-state index contributed by atoms with van der Waals surface area (Å²) in [5, 5.41) is 11.5. The number of aliphatic imine (C=N–C) groups is 1. The van der Waals surface area contributed by atoms with Gasteiger partial charge in [0, 0.05) is 25.0 Å². The summed E-state index contributed by atoms with van der Waals surface area (Å²) in [6, 6.07) is 19.7. The van der Waals surface area contributed by atoms with Crippen molar-refractivity contribution < 1.29 is 14.3 Å². The number of amidine groups is 1. The van der Waals surface area contributed by atoms with Gasteiger partial charge in [-0.15, -0.1) is 0 Å². The summed E-state index contributed by atoms with van der Waals surface area (Å²) < 4.78 is 11.0. The summed E-state index contributed by atoms with van der Waals surface area (Å²) >= 11 is 0. The highest BCUT2D eigenvalue weighted by Gasteiger charge is 2.29. The number of nitrogens with one attached hydrogen (secondary N) is 2. The number of hydrogen-bond donors (Lipinski definition) is 3. The Morgan fingerprint density at radius 2 is 1.83 bits per heavy atom. The molecule has 1 saturated heterocycles. The molecule has 1 unspecified atom stereocenters. The molecule has 5 rings (SSSR count). The Kier molecular flexibility index (Phi) is 6.76. The third kappa shape index (κ3) is 4.98. The van der Waals surface area contributed by atoms with Crippen LogP contribution in [0.3, 0.4) is 0 Å². The first-order valence-corrected chi connectivity index (χ1v) is 11.7. The lowest BCUT2D eigenvalue weighted by atomic mass is 10.2. The molecule has 0 radical (unpaired) electrons. The Bertz CT molecular complexity index is 1280. The summed E-state index contributed by atoms with van der Waals surface area (Å²) in [4.78, 5) is 25.9. The van der Waals surface area contributed by atoms with Crippen LogP contribution in [-0.2, 0) is 14.3 Å². The average molecular weight is 486 g/mol. The number of amides is 1. The Hall–Kier alpha value is -4.44. The quantitative estimate of drug-likeness (QED) is 0.383. The first kappa shape index (κ1) is 23.3. The molecule has 2 aromatic carbocycles. The predicted molar refractivity (Wildman–Crippen MR) is 139 cm³/mol. The SMILES string of the molecule is N=C(OC(N)=NC1CN(c2ccccc2)c2ccccc2NC1=O)c1cccnc1N1CCOCC1. The Balaban J connectivity index is 1.38. The molecule has 3 aromatic rings. The summed E-state index contributed by atoms with van der Waals surface area (Å²) in [6.45, 7) is 2.75. The minimum absolute atomic E-state index is 0.192.